The van der Waals surface area contributed by atoms with Crippen LogP contribution in [-0.2, 0) is 0 Å². The Balaban J connectivity index is 1.80. The summed E-state index contributed by atoms with van der Waals surface area (Å²) in [7, 11) is 3.16. The fourth-order valence-electron chi connectivity index (χ4n) is 2.27. The summed E-state index contributed by atoms with van der Waals surface area (Å²) in [6.45, 7) is 0. The van der Waals surface area contributed by atoms with E-state index in [2.05, 4.69) is 10.6 Å². The van der Waals surface area contributed by atoms with E-state index in [-0.39, 0.29) is 11.4 Å². The van der Waals surface area contributed by atoms with Crippen molar-refractivity contribution in [2.45, 2.75) is 0 Å². The zero-order valence-electron chi connectivity index (χ0n) is 13.3. The molecule has 0 bridgehead atoms. The highest BCUT2D eigenvalue weighted by molar-refractivity contribution is 5.82. The van der Waals surface area contributed by atoms with Gasteiger partial charge in [0.05, 0.1) is 14.2 Å². The fraction of sp³-hybridized carbons (Fsp3) is 0.111. The molecule has 24 heavy (non-hydrogen) atoms. The minimum absolute atomic E-state index is 0.251. The minimum atomic E-state index is -0.540. The minimum Gasteiger partial charge on any atom is -0.497 e. The Kier molecular flexibility index (Phi) is 4.20. The lowest BCUT2D eigenvalue weighted by Crippen LogP contribution is -2.35. The van der Waals surface area contributed by atoms with E-state index in [1.807, 2.05) is 0 Å². The molecule has 0 amide bonds. The van der Waals surface area contributed by atoms with Crippen molar-refractivity contribution in [3.63, 3.8) is 0 Å². The SMILES string of the molecule is COc1ccc(Nc2c(Nc3ccc(OC)cc3)c(=O)c2=O)cc1. The molecule has 6 nitrogen and oxygen atoms in total. The zero-order chi connectivity index (χ0) is 17.1. The summed E-state index contributed by atoms with van der Waals surface area (Å²) < 4.78 is 10.2. The first kappa shape index (κ1) is 15.6. The standard InChI is InChI=1S/C18H16N2O4/c1-23-13-7-3-11(4-8-13)19-15-16(18(22)17(15)21)20-12-5-9-14(24-2)10-6-12/h3-10,19-20H,1-2H3. The zero-order valence-corrected chi connectivity index (χ0v) is 13.3. The van der Waals surface area contributed by atoms with Crippen LogP contribution in [0.15, 0.2) is 58.1 Å². The first-order valence-electron chi connectivity index (χ1n) is 7.28. The van der Waals surface area contributed by atoms with Crippen LogP contribution in [0.25, 0.3) is 0 Å². The van der Waals surface area contributed by atoms with E-state index in [0.717, 1.165) is 0 Å². The van der Waals surface area contributed by atoms with E-state index in [0.29, 0.717) is 22.9 Å². The average Bonchev–Trinajstić information content (AvgIpc) is 2.65. The van der Waals surface area contributed by atoms with Crippen LogP contribution >= 0.6 is 0 Å². The Morgan fingerprint density at radius 2 is 0.958 bits per heavy atom. The summed E-state index contributed by atoms with van der Waals surface area (Å²) in [5, 5.41) is 5.94. The maximum absolute atomic E-state index is 11.8. The summed E-state index contributed by atoms with van der Waals surface area (Å²) in [6, 6.07) is 14.2. The van der Waals surface area contributed by atoms with E-state index in [9.17, 15) is 9.59 Å². The second-order valence-electron chi connectivity index (χ2n) is 5.12. The Labute approximate surface area is 138 Å². The molecule has 6 heteroatoms. The highest BCUT2D eigenvalue weighted by Gasteiger charge is 2.21. The van der Waals surface area contributed by atoms with Gasteiger partial charge in [-0.05, 0) is 48.5 Å². The van der Waals surface area contributed by atoms with Crippen molar-refractivity contribution in [2.75, 3.05) is 24.9 Å². The Morgan fingerprint density at radius 3 is 1.25 bits per heavy atom. The van der Waals surface area contributed by atoms with E-state index >= 15 is 0 Å². The second kappa shape index (κ2) is 6.45. The number of rotatable bonds is 6. The molecular formula is C18H16N2O4. The average molecular weight is 324 g/mol. The molecule has 0 fully saturated rings. The number of ether oxygens (including phenoxy) is 2. The van der Waals surface area contributed by atoms with Crippen LogP contribution in [0, 0.1) is 0 Å². The molecule has 0 spiro atoms. The number of anilines is 4. The highest BCUT2D eigenvalue weighted by Crippen LogP contribution is 2.26. The van der Waals surface area contributed by atoms with Crippen LogP contribution in [0.5, 0.6) is 11.5 Å². The largest absolute Gasteiger partial charge is 0.497 e. The second-order valence-corrected chi connectivity index (χ2v) is 5.12. The van der Waals surface area contributed by atoms with Gasteiger partial charge < -0.3 is 20.1 Å². The molecule has 0 unspecified atom stereocenters. The van der Waals surface area contributed by atoms with Crippen LogP contribution < -0.4 is 31.0 Å². The summed E-state index contributed by atoms with van der Waals surface area (Å²) in [5.41, 5.74) is 0.812. The Bertz CT molecular complexity index is 831. The molecule has 2 N–H and O–H groups in total. The molecule has 3 rings (SSSR count). The van der Waals surface area contributed by atoms with Crippen LogP contribution in [-0.4, -0.2) is 14.2 Å². The fourth-order valence-corrected chi connectivity index (χ4v) is 2.27. The maximum atomic E-state index is 11.8. The third kappa shape index (κ3) is 2.94. The van der Waals surface area contributed by atoms with E-state index in [1.54, 1.807) is 62.8 Å². The maximum Gasteiger partial charge on any atom is 0.253 e. The van der Waals surface area contributed by atoms with E-state index < -0.39 is 10.9 Å². The van der Waals surface area contributed by atoms with Gasteiger partial charge in [0.2, 0.25) is 0 Å². The van der Waals surface area contributed by atoms with Gasteiger partial charge in [-0.15, -0.1) is 0 Å². The molecule has 0 aliphatic rings. The van der Waals surface area contributed by atoms with E-state index in [4.69, 9.17) is 9.47 Å². The lowest BCUT2D eigenvalue weighted by Gasteiger charge is -2.15. The quantitative estimate of drug-likeness (QED) is 0.679. The molecule has 0 heterocycles. The van der Waals surface area contributed by atoms with Crippen molar-refractivity contribution in [1.82, 2.24) is 0 Å². The monoisotopic (exact) mass is 324 g/mol. The molecule has 0 saturated carbocycles. The normalized spacial score (nSPS) is 10.4. The first-order valence-corrected chi connectivity index (χ1v) is 7.28. The summed E-state index contributed by atoms with van der Waals surface area (Å²) in [6.07, 6.45) is 0. The first-order chi connectivity index (χ1) is 11.6. The van der Waals surface area contributed by atoms with Gasteiger partial charge in [0, 0.05) is 11.4 Å². The van der Waals surface area contributed by atoms with Gasteiger partial charge in [0.25, 0.3) is 10.9 Å². The van der Waals surface area contributed by atoms with Crippen molar-refractivity contribution >= 4 is 22.7 Å². The smallest absolute Gasteiger partial charge is 0.253 e. The van der Waals surface area contributed by atoms with Gasteiger partial charge >= 0.3 is 0 Å². The number of nitrogens with one attached hydrogen (secondary N) is 2. The van der Waals surface area contributed by atoms with E-state index in [1.165, 1.54) is 0 Å². The molecule has 0 atom stereocenters. The summed E-state index contributed by atoms with van der Waals surface area (Å²) in [4.78, 5) is 23.7. The van der Waals surface area contributed by atoms with Crippen molar-refractivity contribution < 1.29 is 9.47 Å². The Hall–Kier alpha value is -3.28. The molecule has 0 aliphatic carbocycles. The lowest BCUT2D eigenvalue weighted by molar-refractivity contribution is 0.415. The lowest BCUT2D eigenvalue weighted by atomic mass is 10.1. The number of hydrogen-bond donors (Lipinski definition) is 2. The van der Waals surface area contributed by atoms with Crippen LogP contribution in [0.3, 0.4) is 0 Å². The summed E-state index contributed by atoms with van der Waals surface area (Å²) >= 11 is 0. The number of hydrogen-bond acceptors (Lipinski definition) is 6. The molecule has 0 aromatic heterocycles. The molecular weight excluding hydrogens is 308 g/mol. The van der Waals surface area contributed by atoms with Gasteiger partial charge in [-0.1, -0.05) is 0 Å². The third-order valence-corrected chi connectivity index (χ3v) is 3.63. The topological polar surface area (TPSA) is 76.7 Å². The molecule has 3 aromatic rings. The third-order valence-electron chi connectivity index (χ3n) is 3.63. The molecule has 3 aromatic carbocycles. The van der Waals surface area contributed by atoms with Crippen molar-refractivity contribution in [3.05, 3.63) is 69.0 Å². The van der Waals surface area contributed by atoms with Crippen molar-refractivity contribution in [3.8, 4) is 11.5 Å². The van der Waals surface area contributed by atoms with Gasteiger partial charge in [-0.3, -0.25) is 9.59 Å². The molecule has 0 aliphatic heterocycles. The number of benzene rings is 2. The predicted molar refractivity (Wildman–Crippen MR) is 93.9 cm³/mol. The van der Waals surface area contributed by atoms with Crippen molar-refractivity contribution in [2.24, 2.45) is 0 Å². The van der Waals surface area contributed by atoms with Crippen LogP contribution in [0.1, 0.15) is 0 Å². The highest BCUT2D eigenvalue weighted by atomic mass is 16.5. The molecule has 0 radical (unpaired) electrons. The molecule has 122 valence electrons. The summed E-state index contributed by atoms with van der Waals surface area (Å²) in [5.74, 6) is 1.42. The van der Waals surface area contributed by atoms with Crippen LogP contribution in [0.2, 0.25) is 0 Å². The molecule has 0 saturated heterocycles. The van der Waals surface area contributed by atoms with Crippen LogP contribution in [0.4, 0.5) is 22.7 Å². The van der Waals surface area contributed by atoms with Gasteiger partial charge in [0.1, 0.15) is 22.9 Å². The van der Waals surface area contributed by atoms with Gasteiger partial charge in [-0.25, -0.2) is 0 Å². The van der Waals surface area contributed by atoms with Crippen molar-refractivity contribution in [1.29, 1.82) is 0 Å². The number of methoxy groups -OCH3 is 2. The van der Waals surface area contributed by atoms with Gasteiger partial charge in [-0.2, -0.15) is 0 Å². The Morgan fingerprint density at radius 1 is 0.625 bits per heavy atom. The van der Waals surface area contributed by atoms with Gasteiger partial charge in [0.15, 0.2) is 0 Å². The predicted octanol–water partition coefficient (Wildman–Crippen LogP) is 2.79.